The molecule has 1 aromatic carbocycles. The number of benzene rings is 1. The Balaban J connectivity index is 2.20. The average Bonchev–Trinajstić information content (AvgIpc) is 2.67. The molecule has 0 saturated heterocycles. The lowest BCUT2D eigenvalue weighted by Crippen LogP contribution is -2.34. The fraction of sp³-hybridized carbons (Fsp3) is 0.500. The van der Waals surface area contributed by atoms with Crippen molar-refractivity contribution in [2.75, 3.05) is 0 Å². The monoisotopic (exact) mass is 278 g/mol. The summed E-state index contributed by atoms with van der Waals surface area (Å²) < 4.78 is 27.4. The Morgan fingerprint density at radius 3 is 2.37 bits per heavy atom. The van der Waals surface area contributed by atoms with E-state index in [2.05, 4.69) is 4.72 Å². The highest BCUT2D eigenvalue weighted by Crippen LogP contribution is 2.20. The molecule has 1 fully saturated rings. The third-order valence-corrected chi connectivity index (χ3v) is 5.05. The molecule has 1 aliphatic carbocycles. The maximum absolute atomic E-state index is 12.3. The predicted molar refractivity (Wildman–Crippen MR) is 73.0 cm³/mol. The van der Waals surface area contributed by atoms with Crippen molar-refractivity contribution in [3.05, 3.63) is 29.8 Å². The second-order valence-corrected chi connectivity index (χ2v) is 6.60. The zero-order chi connectivity index (χ0) is 13.7. The molecule has 0 bridgehead atoms. The smallest absolute Gasteiger partial charge is 0.208 e. The fourth-order valence-electron chi connectivity index (χ4n) is 2.47. The Morgan fingerprint density at radius 1 is 1.11 bits per heavy atom. The van der Waals surface area contributed by atoms with Gasteiger partial charge in [-0.25, -0.2) is 13.1 Å². The van der Waals surface area contributed by atoms with Gasteiger partial charge in [0.2, 0.25) is 10.0 Å². The van der Waals surface area contributed by atoms with Crippen molar-refractivity contribution in [1.82, 2.24) is 4.72 Å². The van der Waals surface area contributed by atoms with Gasteiger partial charge >= 0.3 is 0 Å². The number of sulfonamides is 1. The zero-order valence-corrected chi connectivity index (χ0v) is 11.6. The van der Waals surface area contributed by atoms with Crippen LogP contribution < -0.4 is 4.72 Å². The third-order valence-electron chi connectivity index (χ3n) is 3.47. The minimum Gasteiger partial charge on any atom is -0.208 e. The average molecular weight is 278 g/mol. The molecule has 1 N–H and O–H groups in total. The second-order valence-electron chi connectivity index (χ2n) is 4.92. The summed E-state index contributed by atoms with van der Waals surface area (Å²) in [6.07, 6.45) is 6.24. The summed E-state index contributed by atoms with van der Waals surface area (Å²) in [5.74, 6) is 0. The first kappa shape index (κ1) is 14.0. The van der Waals surface area contributed by atoms with Gasteiger partial charge in [0.05, 0.1) is 10.5 Å². The van der Waals surface area contributed by atoms with Gasteiger partial charge in [0.1, 0.15) is 6.07 Å². The van der Waals surface area contributed by atoms with Gasteiger partial charge in [0.25, 0.3) is 0 Å². The van der Waals surface area contributed by atoms with Crippen molar-refractivity contribution in [3.8, 4) is 6.07 Å². The van der Waals surface area contributed by atoms with E-state index in [0.717, 1.165) is 25.7 Å². The minimum absolute atomic E-state index is 0.000695. The van der Waals surface area contributed by atoms with Gasteiger partial charge in [0.15, 0.2) is 0 Å². The molecule has 0 atom stereocenters. The summed E-state index contributed by atoms with van der Waals surface area (Å²) in [7, 11) is -3.59. The highest BCUT2D eigenvalue weighted by Gasteiger charge is 2.23. The van der Waals surface area contributed by atoms with Gasteiger partial charge in [-0.3, -0.25) is 0 Å². The first-order chi connectivity index (χ1) is 9.13. The molecule has 0 spiro atoms. The Hall–Kier alpha value is -1.38. The van der Waals surface area contributed by atoms with Crippen LogP contribution in [-0.2, 0) is 10.0 Å². The first-order valence-corrected chi connectivity index (χ1v) is 8.13. The van der Waals surface area contributed by atoms with E-state index in [-0.39, 0.29) is 16.5 Å². The highest BCUT2D eigenvalue weighted by atomic mass is 32.2. The SMILES string of the molecule is N#Cc1ccccc1S(=O)(=O)NC1CCCCCC1. The van der Waals surface area contributed by atoms with Crippen LogP contribution in [0.25, 0.3) is 0 Å². The molecule has 0 heterocycles. The number of nitrogens with one attached hydrogen (secondary N) is 1. The minimum atomic E-state index is -3.59. The molecule has 0 unspecified atom stereocenters. The Labute approximate surface area is 114 Å². The van der Waals surface area contributed by atoms with Crippen molar-refractivity contribution in [1.29, 1.82) is 5.26 Å². The van der Waals surface area contributed by atoms with E-state index in [1.165, 1.54) is 25.0 Å². The van der Waals surface area contributed by atoms with Crippen molar-refractivity contribution in [2.24, 2.45) is 0 Å². The van der Waals surface area contributed by atoms with Crippen molar-refractivity contribution < 1.29 is 8.42 Å². The molecule has 4 nitrogen and oxygen atoms in total. The van der Waals surface area contributed by atoms with Crippen molar-refractivity contribution >= 4 is 10.0 Å². The van der Waals surface area contributed by atoms with E-state index in [9.17, 15) is 8.42 Å². The van der Waals surface area contributed by atoms with Crippen LogP contribution in [0.5, 0.6) is 0 Å². The molecule has 1 aliphatic rings. The Morgan fingerprint density at radius 2 is 1.74 bits per heavy atom. The topological polar surface area (TPSA) is 70.0 Å². The van der Waals surface area contributed by atoms with Gasteiger partial charge < -0.3 is 0 Å². The van der Waals surface area contributed by atoms with Gasteiger partial charge in [-0.15, -0.1) is 0 Å². The largest absolute Gasteiger partial charge is 0.242 e. The molecule has 0 aromatic heterocycles. The van der Waals surface area contributed by atoms with Crippen molar-refractivity contribution in [3.63, 3.8) is 0 Å². The van der Waals surface area contributed by atoms with Gasteiger partial charge in [-0.2, -0.15) is 5.26 Å². The molecule has 0 amide bonds. The van der Waals surface area contributed by atoms with Gasteiger partial charge in [-0.05, 0) is 25.0 Å². The van der Waals surface area contributed by atoms with Crippen LogP contribution in [0, 0.1) is 11.3 Å². The molecular weight excluding hydrogens is 260 g/mol. The van der Waals surface area contributed by atoms with Gasteiger partial charge in [-0.1, -0.05) is 37.8 Å². The summed E-state index contributed by atoms with van der Waals surface area (Å²) >= 11 is 0. The van der Waals surface area contributed by atoms with E-state index < -0.39 is 10.0 Å². The molecule has 1 aromatic rings. The maximum atomic E-state index is 12.3. The quantitative estimate of drug-likeness (QED) is 0.864. The normalized spacial score (nSPS) is 17.6. The Kier molecular flexibility index (Phi) is 4.56. The van der Waals surface area contributed by atoms with Crippen molar-refractivity contribution in [2.45, 2.75) is 49.5 Å². The van der Waals surface area contributed by atoms with Gasteiger partial charge in [0, 0.05) is 6.04 Å². The number of nitrogens with zero attached hydrogens (tertiary/aromatic N) is 1. The first-order valence-electron chi connectivity index (χ1n) is 6.65. The molecule has 1 saturated carbocycles. The van der Waals surface area contributed by atoms with Crippen LogP contribution in [0.3, 0.4) is 0 Å². The van der Waals surface area contributed by atoms with Crippen LogP contribution in [0.15, 0.2) is 29.2 Å². The Bertz CT molecular complexity index is 567. The number of nitriles is 1. The summed E-state index contributed by atoms with van der Waals surface area (Å²) in [5, 5.41) is 8.99. The van der Waals surface area contributed by atoms with E-state index in [1.54, 1.807) is 12.1 Å². The molecule has 0 aliphatic heterocycles. The lowest BCUT2D eigenvalue weighted by atomic mass is 10.1. The third kappa shape index (κ3) is 3.55. The molecule has 5 heteroatoms. The summed E-state index contributed by atoms with van der Waals surface area (Å²) in [6, 6.07) is 8.26. The highest BCUT2D eigenvalue weighted by molar-refractivity contribution is 7.89. The van der Waals surface area contributed by atoms with Crippen LogP contribution in [0.1, 0.15) is 44.1 Å². The molecule has 2 rings (SSSR count). The van der Waals surface area contributed by atoms with E-state index in [0.29, 0.717) is 0 Å². The molecule has 0 radical (unpaired) electrons. The van der Waals surface area contributed by atoms with E-state index in [1.807, 2.05) is 6.07 Å². The summed E-state index contributed by atoms with van der Waals surface area (Å²) in [5.41, 5.74) is 0.198. The number of hydrogen-bond acceptors (Lipinski definition) is 3. The maximum Gasteiger partial charge on any atom is 0.242 e. The predicted octanol–water partition coefficient (Wildman–Crippen LogP) is 2.56. The fourth-order valence-corrected chi connectivity index (χ4v) is 3.94. The second kappa shape index (κ2) is 6.18. The molecule has 102 valence electrons. The lowest BCUT2D eigenvalue weighted by Gasteiger charge is -2.16. The van der Waals surface area contributed by atoms with Crippen LogP contribution in [0.2, 0.25) is 0 Å². The van der Waals surface area contributed by atoms with Crippen LogP contribution in [0.4, 0.5) is 0 Å². The summed E-state index contributed by atoms with van der Waals surface area (Å²) in [4.78, 5) is 0.0850. The van der Waals surface area contributed by atoms with Crippen LogP contribution >= 0.6 is 0 Å². The molecule has 19 heavy (non-hydrogen) atoms. The van der Waals surface area contributed by atoms with Crippen LogP contribution in [-0.4, -0.2) is 14.5 Å². The molecular formula is C14H18N2O2S. The number of rotatable bonds is 3. The zero-order valence-electron chi connectivity index (χ0n) is 10.8. The van der Waals surface area contributed by atoms with E-state index >= 15 is 0 Å². The standard InChI is InChI=1S/C14H18N2O2S/c15-11-12-7-5-6-10-14(12)19(17,18)16-13-8-3-1-2-4-9-13/h5-7,10,13,16H,1-4,8-9H2. The summed E-state index contributed by atoms with van der Waals surface area (Å²) in [6.45, 7) is 0. The number of hydrogen-bond donors (Lipinski definition) is 1. The van der Waals surface area contributed by atoms with E-state index in [4.69, 9.17) is 5.26 Å². The lowest BCUT2D eigenvalue weighted by molar-refractivity contribution is 0.510.